The molecule has 2 aliphatic rings. The van der Waals surface area contributed by atoms with Crippen LogP contribution in [0.2, 0.25) is 0 Å². The summed E-state index contributed by atoms with van der Waals surface area (Å²) in [5.41, 5.74) is 4.75. The van der Waals surface area contributed by atoms with Crippen LogP contribution in [0, 0.1) is 6.92 Å². The molecule has 1 saturated carbocycles. The lowest BCUT2D eigenvalue weighted by atomic mass is 10.00. The molecule has 0 unspecified atom stereocenters. The number of amides is 2. The lowest BCUT2D eigenvalue weighted by molar-refractivity contribution is -0.137. The summed E-state index contributed by atoms with van der Waals surface area (Å²) in [7, 11) is 2.17. The Morgan fingerprint density at radius 1 is 0.953 bits per heavy atom. The number of likely N-dealkylation sites (N-methyl/N-ethyl adjacent to an activating group) is 1. The smallest absolute Gasteiger partial charge is 0.308 e. The van der Waals surface area contributed by atoms with Crippen molar-refractivity contribution in [1.82, 2.24) is 24.6 Å². The van der Waals surface area contributed by atoms with E-state index in [9.17, 15) is 18.0 Å². The van der Waals surface area contributed by atoms with Crippen molar-refractivity contribution < 1.29 is 18.0 Å². The molecule has 11 heteroatoms. The highest BCUT2D eigenvalue weighted by Gasteiger charge is 2.30. The van der Waals surface area contributed by atoms with Gasteiger partial charge in [-0.15, -0.1) is 0 Å². The highest BCUT2D eigenvalue weighted by Crippen LogP contribution is 2.42. The minimum Gasteiger partial charge on any atom is -0.308 e. The molecule has 2 aromatic carbocycles. The second-order valence-corrected chi connectivity index (χ2v) is 11.6. The molecule has 0 atom stereocenters. The molecule has 1 saturated heterocycles. The number of hydrogen-bond donors (Lipinski definition) is 2. The summed E-state index contributed by atoms with van der Waals surface area (Å²) in [5.74, 6) is 0.470. The summed E-state index contributed by atoms with van der Waals surface area (Å²) < 4.78 is 41.1. The number of nitrogens with one attached hydrogen (secondary N) is 2. The number of piperazine rings is 1. The number of anilines is 2. The van der Waals surface area contributed by atoms with Crippen molar-refractivity contribution in [2.45, 2.75) is 44.8 Å². The molecule has 4 aromatic rings. The van der Waals surface area contributed by atoms with E-state index in [2.05, 4.69) is 38.2 Å². The Morgan fingerprint density at radius 3 is 2.37 bits per heavy atom. The Balaban J connectivity index is 1.18. The van der Waals surface area contributed by atoms with Gasteiger partial charge in [-0.1, -0.05) is 18.2 Å². The fraction of sp³-hybridized carbons (Fsp3) is 0.406. The lowest BCUT2D eigenvalue weighted by Gasteiger charge is -2.32. The Bertz CT molecular complexity index is 1600. The zero-order valence-electron chi connectivity index (χ0n) is 24.4. The number of aromatic nitrogens is 3. The predicted molar refractivity (Wildman–Crippen MR) is 162 cm³/mol. The largest absolute Gasteiger partial charge is 0.416 e. The van der Waals surface area contributed by atoms with Crippen molar-refractivity contribution >= 4 is 28.4 Å². The standard InChI is InChI=1S/C32H36F3N7O/c1-21-29-27(22-9-11-25(12-10-22)36-31(43)37-26-6-3-5-24(19-26)32(33,34)35)20-28(23-7-8-23)38-30(29)42(39-21)14-4-13-41-17-15-40(2)16-18-41/h3,5-6,9-12,19-20,23H,4,7-8,13-18H2,1-2H3,(H2,36,37,43). The number of alkyl halides is 3. The third-order valence-electron chi connectivity index (χ3n) is 8.23. The summed E-state index contributed by atoms with van der Waals surface area (Å²) in [4.78, 5) is 22.5. The number of halogens is 3. The number of fused-ring (bicyclic) bond motifs is 1. The van der Waals surface area contributed by atoms with Gasteiger partial charge in [-0.05, 0) is 80.8 Å². The molecular formula is C32H36F3N7O. The number of benzene rings is 2. The van der Waals surface area contributed by atoms with E-state index < -0.39 is 17.8 Å². The summed E-state index contributed by atoms with van der Waals surface area (Å²) in [6.45, 7) is 8.28. The monoisotopic (exact) mass is 591 g/mol. The van der Waals surface area contributed by atoms with E-state index >= 15 is 0 Å². The zero-order valence-corrected chi connectivity index (χ0v) is 24.4. The maximum Gasteiger partial charge on any atom is 0.416 e. The van der Waals surface area contributed by atoms with Gasteiger partial charge in [0.25, 0.3) is 0 Å². The van der Waals surface area contributed by atoms with Gasteiger partial charge in [0.2, 0.25) is 0 Å². The van der Waals surface area contributed by atoms with Crippen LogP contribution < -0.4 is 10.6 Å². The van der Waals surface area contributed by atoms with Crippen LogP contribution in [0.25, 0.3) is 22.2 Å². The van der Waals surface area contributed by atoms with Crippen LogP contribution >= 0.6 is 0 Å². The van der Waals surface area contributed by atoms with E-state index in [1.807, 2.05) is 19.1 Å². The summed E-state index contributed by atoms with van der Waals surface area (Å²) >= 11 is 0. The number of carbonyl (C=O) groups is 1. The third kappa shape index (κ3) is 6.83. The van der Waals surface area contributed by atoms with Crippen molar-refractivity contribution in [2.24, 2.45) is 0 Å². The minimum absolute atomic E-state index is 0.0618. The number of pyridine rings is 1. The van der Waals surface area contributed by atoms with Gasteiger partial charge in [0.15, 0.2) is 5.65 Å². The van der Waals surface area contributed by atoms with Crippen LogP contribution in [0.4, 0.5) is 29.3 Å². The molecule has 6 rings (SSSR count). The normalized spacial score (nSPS) is 16.5. The average Bonchev–Trinajstić information content (AvgIpc) is 3.78. The summed E-state index contributed by atoms with van der Waals surface area (Å²) in [5, 5.41) is 11.1. The van der Waals surface area contributed by atoms with E-state index in [1.165, 1.54) is 12.1 Å². The Kier molecular flexibility index (Phi) is 8.11. The number of carbonyl (C=O) groups excluding carboxylic acids is 1. The van der Waals surface area contributed by atoms with Gasteiger partial charge in [0, 0.05) is 67.6 Å². The molecule has 8 nitrogen and oxygen atoms in total. The van der Waals surface area contributed by atoms with Crippen molar-refractivity contribution in [3.8, 4) is 11.1 Å². The number of urea groups is 1. The highest BCUT2D eigenvalue weighted by molar-refractivity contribution is 6.00. The van der Waals surface area contributed by atoms with Crippen molar-refractivity contribution in [3.05, 3.63) is 71.5 Å². The first-order chi connectivity index (χ1) is 20.6. The molecule has 1 aliphatic heterocycles. The maximum atomic E-state index is 13.0. The summed E-state index contributed by atoms with van der Waals surface area (Å²) in [6.07, 6.45) is -1.20. The van der Waals surface area contributed by atoms with Gasteiger partial charge >= 0.3 is 12.2 Å². The molecular weight excluding hydrogens is 555 g/mol. The fourth-order valence-corrected chi connectivity index (χ4v) is 5.66. The van der Waals surface area contributed by atoms with Crippen LogP contribution in [-0.4, -0.2) is 70.4 Å². The van der Waals surface area contributed by atoms with E-state index in [0.717, 1.165) is 104 Å². The molecule has 2 N–H and O–H groups in total. The van der Waals surface area contributed by atoms with Crippen LogP contribution in [0.15, 0.2) is 54.6 Å². The first kappa shape index (κ1) is 29.1. The number of aryl methyl sites for hydroxylation is 2. The average molecular weight is 592 g/mol. The molecule has 2 aromatic heterocycles. The van der Waals surface area contributed by atoms with Gasteiger partial charge in [-0.2, -0.15) is 18.3 Å². The molecule has 0 radical (unpaired) electrons. The van der Waals surface area contributed by atoms with E-state index in [-0.39, 0.29) is 5.69 Å². The molecule has 2 amide bonds. The van der Waals surface area contributed by atoms with E-state index in [1.54, 1.807) is 12.1 Å². The molecule has 0 bridgehead atoms. The quantitative estimate of drug-likeness (QED) is 0.242. The number of rotatable bonds is 8. The second kappa shape index (κ2) is 12.0. The maximum absolute atomic E-state index is 13.0. The highest BCUT2D eigenvalue weighted by atomic mass is 19.4. The molecule has 0 spiro atoms. The van der Waals surface area contributed by atoms with Crippen molar-refractivity contribution in [2.75, 3.05) is 50.4 Å². The van der Waals surface area contributed by atoms with Crippen LogP contribution in [-0.2, 0) is 12.7 Å². The minimum atomic E-state index is -4.48. The number of hydrogen-bond acceptors (Lipinski definition) is 5. The summed E-state index contributed by atoms with van der Waals surface area (Å²) in [6, 6.07) is 13.6. The Morgan fingerprint density at radius 2 is 1.67 bits per heavy atom. The molecule has 3 heterocycles. The Hall–Kier alpha value is -3.96. The lowest BCUT2D eigenvalue weighted by Crippen LogP contribution is -2.44. The second-order valence-electron chi connectivity index (χ2n) is 11.6. The van der Waals surface area contributed by atoms with Gasteiger partial charge in [0.1, 0.15) is 0 Å². The molecule has 43 heavy (non-hydrogen) atoms. The van der Waals surface area contributed by atoms with Crippen molar-refractivity contribution in [1.29, 1.82) is 0 Å². The van der Waals surface area contributed by atoms with Gasteiger partial charge in [0.05, 0.1) is 11.3 Å². The molecule has 2 fully saturated rings. The fourth-order valence-electron chi connectivity index (χ4n) is 5.66. The Labute approximate surface area is 248 Å². The van der Waals surface area contributed by atoms with Crippen molar-refractivity contribution in [3.63, 3.8) is 0 Å². The van der Waals surface area contributed by atoms with Crippen LogP contribution in [0.3, 0.4) is 0 Å². The number of nitrogens with zero attached hydrogens (tertiary/aromatic N) is 5. The van der Waals surface area contributed by atoms with Gasteiger partial charge < -0.3 is 20.4 Å². The van der Waals surface area contributed by atoms with Gasteiger partial charge in [-0.25, -0.2) is 14.5 Å². The predicted octanol–water partition coefficient (Wildman–Crippen LogP) is 6.58. The van der Waals surface area contributed by atoms with E-state index in [4.69, 9.17) is 10.1 Å². The first-order valence-corrected chi connectivity index (χ1v) is 14.8. The third-order valence-corrected chi connectivity index (χ3v) is 8.23. The zero-order chi connectivity index (χ0) is 30.1. The molecule has 226 valence electrons. The van der Waals surface area contributed by atoms with E-state index in [0.29, 0.717) is 11.6 Å². The van der Waals surface area contributed by atoms with Crippen LogP contribution in [0.5, 0.6) is 0 Å². The topological polar surface area (TPSA) is 78.3 Å². The SMILES string of the molecule is Cc1nn(CCCN2CCN(C)CC2)c2nc(C3CC3)cc(-c3ccc(NC(=O)Nc4cccc(C(F)(F)F)c4)cc3)c12. The first-order valence-electron chi connectivity index (χ1n) is 14.8. The molecule has 1 aliphatic carbocycles. The van der Waals surface area contributed by atoms with Gasteiger partial charge in [-0.3, -0.25) is 0 Å². The van der Waals surface area contributed by atoms with Crippen LogP contribution in [0.1, 0.15) is 42.1 Å².